The Balaban J connectivity index is 1.45. The van der Waals surface area contributed by atoms with Gasteiger partial charge in [0.2, 0.25) is 11.8 Å². The molecule has 1 aromatic heterocycles. The van der Waals surface area contributed by atoms with Crippen LogP contribution in [0.4, 0.5) is 0 Å². The third-order valence-corrected chi connectivity index (χ3v) is 6.20. The number of H-pyrrole nitrogens is 1. The lowest BCUT2D eigenvalue weighted by Crippen LogP contribution is -2.62. The summed E-state index contributed by atoms with van der Waals surface area (Å²) >= 11 is 0. The number of aromatic nitrogens is 1. The molecule has 0 spiro atoms. The number of fused-ring (bicyclic) bond motifs is 4. The molecule has 0 bridgehead atoms. The molecule has 1 saturated heterocycles. The number of aliphatic hydroxyl groups excluding tert-OH is 1. The van der Waals surface area contributed by atoms with Crippen LogP contribution in [0.3, 0.4) is 0 Å². The molecule has 6 heteroatoms. The lowest BCUT2D eigenvalue weighted by molar-refractivity contribution is -0.160. The summed E-state index contributed by atoms with van der Waals surface area (Å²) in [7, 11) is 0. The van der Waals surface area contributed by atoms with Gasteiger partial charge in [0.15, 0.2) is 0 Å². The average molecular weight is 389 g/mol. The fourth-order valence-electron chi connectivity index (χ4n) is 4.77. The number of nitrogens with zero attached hydrogens (tertiary/aromatic N) is 2. The first-order chi connectivity index (χ1) is 14.0. The maximum absolute atomic E-state index is 13.3. The second-order valence-corrected chi connectivity index (χ2v) is 7.90. The Kier molecular flexibility index (Phi) is 4.17. The molecule has 2 aromatic carbocycles. The van der Waals surface area contributed by atoms with E-state index in [9.17, 15) is 14.7 Å². The van der Waals surface area contributed by atoms with Crippen molar-refractivity contribution in [2.45, 2.75) is 31.5 Å². The third-order valence-electron chi connectivity index (χ3n) is 6.20. The van der Waals surface area contributed by atoms with Gasteiger partial charge in [-0.05, 0) is 24.1 Å². The van der Waals surface area contributed by atoms with Gasteiger partial charge in [0.05, 0.1) is 25.2 Å². The fourth-order valence-corrected chi connectivity index (χ4v) is 4.77. The number of aromatic amines is 1. The number of carbonyl (C=O) groups excluding carboxylic acids is 2. The van der Waals surface area contributed by atoms with E-state index < -0.39 is 12.1 Å². The minimum atomic E-state index is -0.816. The van der Waals surface area contributed by atoms with E-state index in [1.165, 1.54) is 4.90 Å². The molecular formula is C23H23N3O3. The number of aliphatic hydroxyl groups is 1. The highest BCUT2D eigenvalue weighted by molar-refractivity contribution is 5.97. The highest BCUT2D eigenvalue weighted by Gasteiger charge is 2.46. The average Bonchev–Trinajstić information content (AvgIpc) is 3.11. The van der Waals surface area contributed by atoms with Gasteiger partial charge in [-0.2, -0.15) is 0 Å². The molecule has 29 heavy (non-hydrogen) atoms. The Labute approximate surface area is 168 Å². The molecule has 1 fully saturated rings. The van der Waals surface area contributed by atoms with Crippen molar-refractivity contribution >= 4 is 22.7 Å². The largest absolute Gasteiger partial charge is 0.387 e. The Bertz CT molecular complexity index is 1090. The van der Waals surface area contributed by atoms with Gasteiger partial charge in [0.1, 0.15) is 6.04 Å². The molecule has 0 radical (unpaired) electrons. The summed E-state index contributed by atoms with van der Waals surface area (Å²) in [5.74, 6) is -0.172. The highest BCUT2D eigenvalue weighted by Crippen LogP contribution is 2.39. The molecule has 2 amide bonds. The number of para-hydroxylation sites is 1. The molecule has 6 nitrogen and oxygen atoms in total. The first-order valence-corrected chi connectivity index (χ1v) is 9.97. The molecule has 2 aliphatic heterocycles. The second-order valence-electron chi connectivity index (χ2n) is 7.90. The van der Waals surface area contributed by atoms with Crippen LogP contribution in [0.15, 0.2) is 54.6 Å². The predicted molar refractivity (Wildman–Crippen MR) is 109 cm³/mol. The molecule has 0 saturated carbocycles. The minimum Gasteiger partial charge on any atom is -0.387 e. The van der Waals surface area contributed by atoms with Gasteiger partial charge in [0, 0.05) is 23.0 Å². The van der Waals surface area contributed by atoms with Crippen molar-refractivity contribution in [3.8, 4) is 0 Å². The molecule has 3 unspecified atom stereocenters. The van der Waals surface area contributed by atoms with Crippen molar-refractivity contribution in [2.75, 3.05) is 13.1 Å². The van der Waals surface area contributed by atoms with Crippen LogP contribution in [-0.2, 0) is 16.0 Å². The standard InChI is InChI=1S/C23H23N3O3/c1-14-22-17(16-9-5-6-10-18(16)24-22)11-19-23(29)25(13-21(28)26(14)19)12-20(27)15-7-3-2-4-8-15/h2-10,14,19-20,24,27H,11-13H2,1H3. The SMILES string of the molecule is CC1c2[nH]c3ccccc3c2CC2C(=O)N(CC(O)c3ccccc3)CC(=O)N21. The summed E-state index contributed by atoms with van der Waals surface area (Å²) in [6.07, 6.45) is -0.323. The monoisotopic (exact) mass is 389 g/mol. The molecule has 3 heterocycles. The van der Waals surface area contributed by atoms with Crippen LogP contribution >= 0.6 is 0 Å². The summed E-state index contributed by atoms with van der Waals surface area (Å²) in [6.45, 7) is 2.09. The van der Waals surface area contributed by atoms with Crippen LogP contribution in [0, 0.1) is 0 Å². The van der Waals surface area contributed by atoms with E-state index in [1.807, 2.05) is 55.5 Å². The highest BCUT2D eigenvalue weighted by atomic mass is 16.3. The van der Waals surface area contributed by atoms with Crippen molar-refractivity contribution in [2.24, 2.45) is 0 Å². The summed E-state index contributed by atoms with van der Waals surface area (Å²) in [6, 6.07) is 16.6. The lowest BCUT2D eigenvalue weighted by atomic mass is 9.89. The van der Waals surface area contributed by atoms with E-state index in [4.69, 9.17) is 0 Å². The number of benzene rings is 2. The molecule has 0 aliphatic carbocycles. The van der Waals surface area contributed by atoms with Gasteiger partial charge in [-0.25, -0.2) is 0 Å². The van der Waals surface area contributed by atoms with Crippen molar-refractivity contribution < 1.29 is 14.7 Å². The Morgan fingerprint density at radius 3 is 2.62 bits per heavy atom. The number of piperazine rings is 1. The van der Waals surface area contributed by atoms with Crippen LogP contribution in [-0.4, -0.2) is 50.8 Å². The summed E-state index contributed by atoms with van der Waals surface area (Å²) in [5.41, 5.74) is 3.90. The number of rotatable bonds is 3. The summed E-state index contributed by atoms with van der Waals surface area (Å²) in [5, 5.41) is 11.7. The van der Waals surface area contributed by atoms with Crippen molar-refractivity contribution in [3.63, 3.8) is 0 Å². The van der Waals surface area contributed by atoms with Gasteiger partial charge in [0.25, 0.3) is 0 Å². The quantitative estimate of drug-likeness (QED) is 0.723. The van der Waals surface area contributed by atoms with Crippen molar-refractivity contribution in [1.29, 1.82) is 0 Å². The number of hydrogen-bond acceptors (Lipinski definition) is 3. The first-order valence-electron chi connectivity index (χ1n) is 9.97. The minimum absolute atomic E-state index is 0.000864. The van der Waals surface area contributed by atoms with Gasteiger partial charge < -0.3 is 19.9 Å². The Hall–Kier alpha value is -3.12. The van der Waals surface area contributed by atoms with Crippen LogP contribution in [0.25, 0.3) is 10.9 Å². The van der Waals surface area contributed by atoms with Crippen LogP contribution in [0.1, 0.15) is 35.9 Å². The van der Waals surface area contributed by atoms with Crippen LogP contribution < -0.4 is 0 Å². The molecule has 5 rings (SSSR count). The van der Waals surface area contributed by atoms with E-state index in [0.29, 0.717) is 6.42 Å². The lowest BCUT2D eigenvalue weighted by Gasteiger charge is -2.46. The number of amides is 2. The van der Waals surface area contributed by atoms with Gasteiger partial charge in [-0.15, -0.1) is 0 Å². The predicted octanol–water partition coefficient (Wildman–Crippen LogP) is 2.56. The third kappa shape index (κ3) is 2.83. The number of β-amino-alcohol motifs (C(OH)–C–C–N with tert-alkyl or cyclic N) is 1. The normalized spacial score (nSPS) is 22.6. The zero-order chi connectivity index (χ0) is 20.1. The van der Waals surface area contributed by atoms with Gasteiger partial charge >= 0.3 is 0 Å². The van der Waals surface area contributed by atoms with E-state index in [0.717, 1.165) is 27.7 Å². The van der Waals surface area contributed by atoms with E-state index in [-0.39, 0.29) is 30.9 Å². The van der Waals surface area contributed by atoms with E-state index in [2.05, 4.69) is 11.1 Å². The zero-order valence-electron chi connectivity index (χ0n) is 16.2. The molecule has 2 N–H and O–H groups in total. The van der Waals surface area contributed by atoms with E-state index in [1.54, 1.807) is 4.90 Å². The maximum atomic E-state index is 13.3. The number of carbonyl (C=O) groups is 2. The smallest absolute Gasteiger partial charge is 0.246 e. The Morgan fingerprint density at radius 2 is 1.83 bits per heavy atom. The molecule has 2 aliphatic rings. The second kappa shape index (κ2) is 6.74. The number of nitrogens with one attached hydrogen (secondary N) is 1. The van der Waals surface area contributed by atoms with Gasteiger partial charge in [-0.3, -0.25) is 9.59 Å². The molecule has 3 atom stereocenters. The topological polar surface area (TPSA) is 76.6 Å². The maximum Gasteiger partial charge on any atom is 0.246 e. The molecule has 148 valence electrons. The first kappa shape index (κ1) is 17.9. The zero-order valence-corrected chi connectivity index (χ0v) is 16.2. The molecule has 3 aromatic rings. The summed E-state index contributed by atoms with van der Waals surface area (Å²) < 4.78 is 0. The van der Waals surface area contributed by atoms with Crippen LogP contribution in [0.5, 0.6) is 0 Å². The number of hydrogen-bond donors (Lipinski definition) is 2. The summed E-state index contributed by atoms with van der Waals surface area (Å²) in [4.78, 5) is 32.9. The fraction of sp³-hybridized carbons (Fsp3) is 0.304. The van der Waals surface area contributed by atoms with Gasteiger partial charge in [-0.1, -0.05) is 48.5 Å². The molecular weight excluding hydrogens is 366 g/mol. The van der Waals surface area contributed by atoms with E-state index >= 15 is 0 Å². The van der Waals surface area contributed by atoms with Crippen LogP contribution in [0.2, 0.25) is 0 Å². The Morgan fingerprint density at radius 1 is 1.10 bits per heavy atom. The van der Waals surface area contributed by atoms with Crippen molar-refractivity contribution in [3.05, 3.63) is 71.4 Å². The van der Waals surface area contributed by atoms with Crippen molar-refractivity contribution in [1.82, 2.24) is 14.8 Å².